The van der Waals surface area contributed by atoms with Gasteiger partial charge < -0.3 is 14.6 Å². The molecule has 28 heavy (non-hydrogen) atoms. The van der Waals surface area contributed by atoms with Gasteiger partial charge in [-0.15, -0.1) is 0 Å². The summed E-state index contributed by atoms with van der Waals surface area (Å²) < 4.78 is 7.72. The number of pyridine rings is 1. The molecule has 6 heteroatoms. The zero-order valence-electron chi connectivity index (χ0n) is 16.2. The third-order valence-electron chi connectivity index (χ3n) is 5.08. The van der Waals surface area contributed by atoms with Crippen molar-refractivity contribution in [3.05, 3.63) is 68.0 Å². The van der Waals surface area contributed by atoms with Crippen molar-refractivity contribution >= 4 is 34.1 Å². The van der Waals surface area contributed by atoms with Crippen molar-refractivity contribution < 1.29 is 9.53 Å². The van der Waals surface area contributed by atoms with Crippen LogP contribution in [0.25, 0.3) is 10.9 Å². The summed E-state index contributed by atoms with van der Waals surface area (Å²) >= 11 is 6.33. The quantitative estimate of drug-likeness (QED) is 0.687. The van der Waals surface area contributed by atoms with E-state index in [4.69, 9.17) is 16.3 Å². The summed E-state index contributed by atoms with van der Waals surface area (Å²) in [5, 5.41) is 3.54. The number of carbonyl (C=O) groups is 1. The first-order valence-corrected chi connectivity index (χ1v) is 9.55. The number of hydrogen-bond donors (Lipinski definition) is 1. The molecule has 5 nitrogen and oxygen atoms in total. The largest absolute Gasteiger partial charge is 0.487 e. The zero-order valence-corrected chi connectivity index (χ0v) is 17.0. The minimum absolute atomic E-state index is 0.0695. The highest BCUT2D eigenvalue weighted by Gasteiger charge is 2.25. The van der Waals surface area contributed by atoms with Crippen molar-refractivity contribution in [3.63, 3.8) is 0 Å². The maximum absolute atomic E-state index is 13.1. The van der Waals surface area contributed by atoms with Crippen molar-refractivity contribution in [1.82, 2.24) is 4.57 Å². The number of carbonyl (C=O) groups excluding carboxylic acids is 1. The molecule has 0 radical (unpaired) electrons. The number of halogens is 1. The van der Waals surface area contributed by atoms with Crippen LogP contribution >= 0.6 is 11.6 Å². The highest BCUT2D eigenvalue weighted by molar-refractivity contribution is 6.35. The average molecular weight is 397 g/mol. The van der Waals surface area contributed by atoms with Gasteiger partial charge in [0, 0.05) is 11.9 Å². The van der Waals surface area contributed by atoms with Crippen molar-refractivity contribution in [1.29, 1.82) is 0 Å². The molecule has 0 aliphatic carbocycles. The molecule has 3 aromatic rings. The predicted molar refractivity (Wildman–Crippen MR) is 112 cm³/mol. The van der Waals surface area contributed by atoms with Crippen LogP contribution in [-0.2, 0) is 6.54 Å². The maximum atomic E-state index is 13.1. The molecule has 0 fully saturated rings. The first-order chi connectivity index (χ1) is 13.3. The van der Waals surface area contributed by atoms with Crippen molar-refractivity contribution in [3.8, 4) is 5.75 Å². The Balaban J connectivity index is 1.87. The number of hydrogen-bond acceptors (Lipinski definition) is 3. The number of nitrogens with zero attached hydrogens (tertiary/aromatic N) is 1. The molecule has 1 aliphatic rings. The monoisotopic (exact) mass is 396 g/mol. The van der Waals surface area contributed by atoms with E-state index in [0.717, 1.165) is 22.4 Å². The number of rotatable bonds is 2. The van der Waals surface area contributed by atoms with E-state index in [1.54, 1.807) is 18.3 Å². The molecule has 1 N–H and O–H groups in total. The minimum Gasteiger partial charge on any atom is -0.487 e. The van der Waals surface area contributed by atoms with Gasteiger partial charge in [0.05, 0.1) is 22.5 Å². The highest BCUT2D eigenvalue weighted by atomic mass is 35.5. The van der Waals surface area contributed by atoms with Crippen LogP contribution < -0.4 is 15.5 Å². The number of aryl methyl sites for hydroxylation is 3. The second-order valence-corrected chi connectivity index (χ2v) is 7.86. The van der Waals surface area contributed by atoms with E-state index < -0.39 is 11.3 Å². The number of amides is 1. The van der Waals surface area contributed by atoms with Gasteiger partial charge in [0.2, 0.25) is 5.43 Å². The maximum Gasteiger partial charge on any atom is 0.261 e. The molecule has 1 amide bonds. The fourth-order valence-electron chi connectivity index (χ4n) is 3.95. The second-order valence-electron chi connectivity index (χ2n) is 7.45. The molecule has 144 valence electrons. The smallest absolute Gasteiger partial charge is 0.261 e. The van der Waals surface area contributed by atoms with Crippen LogP contribution in [0.1, 0.15) is 34.0 Å². The summed E-state index contributed by atoms with van der Waals surface area (Å²) in [7, 11) is 0. The van der Waals surface area contributed by atoms with Crippen LogP contribution in [0, 0.1) is 20.8 Å². The second kappa shape index (κ2) is 6.67. The van der Waals surface area contributed by atoms with Crippen molar-refractivity contribution in [2.45, 2.75) is 40.3 Å². The van der Waals surface area contributed by atoms with Gasteiger partial charge in [-0.05, 0) is 51.0 Å². The van der Waals surface area contributed by atoms with E-state index in [1.165, 1.54) is 0 Å². The third-order valence-corrected chi connectivity index (χ3v) is 5.39. The van der Waals surface area contributed by atoms with E-state index in [2.05, 4.69) is 5.32 Å². The Labute approximate surface area is 167 Å². The van der Waals surface area contributed by atoms with E-state index >= 15 is 0 Å². The van der Waals surface area contributed by atoms with Crippen LogP contribution in [0.3, 0.4) is 0 Å². The van der Waals surface area contributed by atoms with Gasteiger partial charge in [-0.25, -0.2) is 0 Å². The standard InChI is InChI=1S/C22H21ClN2O3/c1-11-7-12(2)19(13(3)8-11)24-22(27)15-10-25-9-14(4)28-17-6-5-16(23)18(20(17)25)21(15)26/h5-8,10,14H,9H2,1-4H3,(H,24,27)/t14-/m0/s1. The highest BCUT2D eigenvalue weighted by Crippen LogP contribution is 2.33. The van der Waals surface area contributed by atoms with Gasteiger partial charge in [-0.3, -0.25) is 9.59 Å². The van der Waals surface area contributed by atoms with Gasteiger partial charge >= 0.3 is 0 Å². The fraction of sp³-hybridized carbons (Fsp3) is 0.273. The predicted octanol–water partition coefficient (Wildman–Crippen LogP) is 4.61. The lowest BCUT2D eigenvalue weighted by Gasteiger charge is -2.26. The van der Waals surface area contributed by atoms with Gasteiger partial charge in [-0.1, -0.05) is 29.3 Å². The lowest BCUT2D eigenvalue weighted by molar-refractivity contribution is 0.102. The Kier molecular flexibility index (Phi) is 4.42. The molecule has 0 spiro atoms. The van der Waals surface area contributed by atoms with E-state index in [-0.39, 0.29) is 11.7 Å². The molecule has 1 atom stereocenters. The van der Waals surface area contributed by atoms with Gasteiger partial charge in [0.25, 0.3) is 5.91 Å². The van der Waals surface area contributed by atoms with Crippen LogP contribution in [0.2, 0.25) is 5.02 Å². The molecule has 2 heterocycles. The normalized spacial score (nSPS) is 15.4. The number of aromatic nitrogens is 1. The average Bonchev–Trinajstić information content (AvgIpc) is 2.61. The Morgan fingerprint density at radius 2 is 1.89 bits per heavy atom. The lowest BCUT2D eigenvalue weighted by atomic mass is 10.0. The third kappa shape index (κ3) is 2.96. The van der Waals surface area contributed by atoms with E-state index in [9.17, 15) is 9.59 Å². The van der Waals surface area contributed by atoms with Crippen LogP contribution in [-0.4, -0.2) is 16.6 Å². The van der Waals surface area contributed by atoms with Crippen LogP contribution in [0.15, 0.2) is 35.3 Å². The van der Waals surface area contributed by atoms with Crippen LogP contribution in [0.4, 0.5) is 5.69 Å². The van der Waals surface area contributed by atoms with E-state index in [0.29, 0.717) is 28.2 Å². The molecule has 2 aromatic carbocycles. The van der Waals surface area contributed by atoms with Gasteiger partial charge in [-0.2, -0.15) is 0 Å². The number of ether oxygens (including phenoxy) is 1. The molecule has 0 saturated carbocycles. The Morgan fingerprint density at radius 1 is 1.21 bits per heavy atom. The molecular formula is C22H21ClN2O3. The lowest BCUT2D eigenvalue weighted by Crippen LogP contribution is -2.30. The van der Waals surface area contributed by atoms with Gasteiger partial charge in [0.15, 0.2) is 0 Å². The molecule has 4 rings (SSSR count). The molecule has 1 aromatic heterocycles. The van der Waals surface area contributed by atoms with Crippen molar-refractivity contribution in [2.24, 2.45) is 0 Å². The molecule has 0 unspecified atom stereocenters. The zero-order chi connectivity index (χ0) is 20.2. The Bertz CT molecular complexity index is 1170. The molecule has 0 saturated heterocycles. The van der Waals surface area contributed by atoms with Crippen molar-refractivity contribution in [2.75, 3.05) is 5.32 Å². The topological polar surface area (TPSA) is 60.3 Å². The Hall–Kier alpha value is -2.79. The number of benzene rings is 2. The molecule has 1 aliphatic heterocycles. The first-order valence-electron chi connectivity index (χ1n) is 9.17. The summed E-state index contributed by atoms with van der Waals surface area (Å²) in [4.78, 5) is 26.1. The molecule has 0 bridgehead atoms. The first kappa shape index (κ1) is 18.6. The minimum atomic E-state index is -0.439. The Morgan fingerprint density at radius 3 is 2.57 bits per heavy atom. The summed E-state index contributed by atoms with van der Waals surface area (Å²) in [6.07, 6.45) is 1.54. The summed E-state index contributed by atoms with van der Waals surface area (Å²) in [6, 6.07) is 7.40. The van der Waals surface area contributed by atoms with Gasteiger partial charge in [0.1, 0.15) is 17.4 Å². The summed E-state index contributed by atoms with van der Waals surface area (Å²) in [5.74, 6) is 0.166. The number of nitrogens with one attached hydrogen (secondary N) is 1. The molecular weight excluding hydrogens is 376 g/mol. The van der Waals surface area contributed by atoms with Crippen LogP contribution in [0.5, 0.6) is 5.75 Å². The number of anilines is 1. The summed E-state index contributed by atoms with van der Waals surface area (Å²) in [5.41, 5.74) is 4.07. The summed E-state index contributed by atoms with van der Waals surface area (Å²) in [6.45, 7) is 8.37. The SMILES string of the molecule is Cc1cc(C)c(NC(=O)c2cn3c4c(ccc(Cl)c4c2=O)O[C@@H](C)C3)c(C)c1. The fourth-order valence-corrected chi connectivity index (χ4v) is 4.19. The van der Waals surface area contributed by atoms with E-state index in [1.807, 2.05) is 44.4 Å².